The number of aromatic nitrogens is 3. The van der Waals surface area contributed by atoms with Crippen LogP contribution in [0.3, 0.4) is 0 Å². The molecule has 1 N–H and O–H groups in total. The van der Waals surface area contributed by atoms with Crippen LogP contribution in [0.2, 0.25) is 0 Å². The fourth-order valence-corrected chi connectivity index (χ4v) is 3.15. The van der Waals surface area contributed by atoms with E-state index in [2.05, 4.69) is 9.97 Å². The summed E-state index contributed by atoms with van der Waals surface area (Å²) < 4.78 is 1.37. The Morgan fingerprint density at radius 2 is 2.04 bits per heavy atom. The van der Waals surface area contributed by atoms with E-state index in [1.54, 1.807) is 24.4 Å². The van der Waals surface area contributed by atoms with Gasteiger partial charge >= 0.3 is 0 Å². The Bertz CT molecular complexity index is 1100. The second-order valence-corrected chi connectivity index (χ2v) is 6.20. The topological polar surface area (TPSA) is 85.1 Å². The first-order chi connectivity index (χ1) is 12.7. The molecule has 6 nitrogen and oxygen atoms in total. The minimum atomic E-state index is -0.280. The van der Waals surface area contributed by atoms with E-state index in [1.165, 1.54) is 10.8 Å². The highest BCUT2D eigenvalue weighted by atomic mass is 16.3. The number of nitrogens with zero attached hydrogens (tertiary/aromatic N) is 3. The van der Waals surface area contributed by atoms with E-state index in [0.717, 1.165) is 24.8 Å². The molecule has 0 spiro atoms. The number of aliphatic hydroxyl groups excluding tert-OH is 1. The number of rotatable bonds is 5. The fraction of sp³-hybridized carbons (Fsp3) is 0.200. The van der Waals surface area contributed by atoms with E-state index in [-0.39, 0.29) is 23.8 Å². The van der Waals surface area contributed by atoms with Gasteiger partial charge in [0.2, 0.25) is 5.78 Å². The van der Waals surface area contributed by atoms with Crippen LogP contribution in [0, 0.1) is 0 Å². The van der Waals surface area contributed by atoms with Crippen molar-refractivity contribution in [1.29, 1.82) is 0 Å². The van der Waals surface area contributed by atoms with Crippen molar-refractivity contribution in [3.8, 4) is 5.69 Å². The minimum absolute atomic E-state index is 0.146. The van der Waals surface area contributed by atoms with Gasteiger partial charge in [-0.15, -0.1) is 0 Å². The van der Waals surface area contributed by atoms with E-state index in [1.807, 2.05) is 18.2 Å². The molecule has 1 aliphatic heterocycles. The molecule has 0 aliphatic carbocycles. The Morgan fingerprint density at radius 1 is 1.15 bits per heavy atom. The highest BCUT2D eigenvalue weighted by Gasteiger charge is 2.30. The summed E-state index contributed by atoms with van der Waals surface area (Å²) in [6.45, 7) is 0.199. The molecule has 3 aromatic rings. The van der Waals surface area contributed by atoms with Gasteiger partial charge in [-0.1, -0.05) is 18.2 Å². The second-order valence-electron chi connectivity index (χ2n) is 6.20. The number of fused-ring (bicyclic) bond motifs is 4. The zero-order valence-electron chi connectivity index (χ0n) is 14.1. The summed E-state index contributed by atoms with van der Waals surface area (Å²) in [5.74, 6) is -0.0980. The highest BCUT2D eigenvalue weighted by molar-refractivity contribution is 6.13. The smallest absolute Gasteiger partial charge is 0.267 e. The Morgan fingerprint density at radius 3 is 2.88 bits per heavy atom. The first kappa shape index (κ1) is 16.4. The van der Waals surface area contributed by atoms with Crippen LogP contribution >= 0.6 is 0 Å². The van der Waals surface area contributed by atoms with Crippen molar-refractivity contribution in [1.82, 2.24) is 14.5 Å². The summed E-state index contributed by atoms with van der Waals surface area (Å²) >= 11 is 0. The van der Waals surface area contributed by atoms with Crippen LogP contribution in [0.5, 0.6) is 0 Å². The van der Waals surface area contributed by atoms with Crippen LogP contribution in [0.25, 0.3) is 22.7 Å². The maximum Gasteiger partial charge on any atom is 0.267 e. The molecule has 0 bridgehead atoms. The number of hydrogen-bond acceptors (Lipinski definition) is 5. The predicted molar refractivity (Wildman–Crippen MR) is 98.5 cm³/mol. The molecule has 2 aromatic heterocycles. The highest BCUT2D eigenvalue weighted by Crippen LogP contribution is 2.27. The fourth-order valence-electron chi connectivity index (χ4n) is 3.15. The van der Waals surface area contributed by atoms with Crippen molar-refractivity contribution in [2.24, 2.45) is 0 Å². The molecular formula is C20H17N3O3. The zero-order valence-corrected chi connectivity index (χ0v) is 14.1. The number of benzene rings is 1. The van der Waals surface area contributed by atoms with Crippen LogP contribution in [-0.4, -0.2) is 32.0 Å². The minimum Gasteiger partial charge on any atom is -0.396 e. The number of aliphatic hydroxyl groups is 1. The number of carbonyl (C=O) groups excluding carboxylic acids is 1. The van der Waals surface area contributed by atoms with Gasteiger partial charge in [-0.05, 0) is 43.0 Å². The zero-order chi connectivity index (χ0) is 18.1. The van der Waals surface area contributed by atoms with Crippen molar-refractivity contribution >= 4 is 22.8 Å². The maximum atomic E-state index is 12.8. The van der Waals surface area contributed by atoms with Crippen LogP contribution in [-0.2, 0) is 0 Å². The molecule has 0 amide bonds. The molecule has 3 heterocycles. The molecule has 6 heteroatoms. The Balaban J connectivity index is 1.74. The van der Waals surface area contributed by atoms with Crippen LogP contribution in [0.1, 0.15) is 41.0 Å². The summed E-state index contributed by atoms with van der Waals surface area (Å²) in [5, 5.41) is 9.19. The predicted octanol–water partition coefficient (Wildman–Crippen LogP) is 2.50. The van der Waals surface area contributed by atoms with Gasteiger partial charge in [0.25, 0.3) is 5.56 Å². The molecule has 0 fully saturated rings. The normalized spacial score (nSPS) is 12.7. The van der Waals surface area contributed by atoms with Crippen LogP contribution < -0.4 is 5.56 Å². The Labute approximate surface area is 149 Å². The molecule has 0 saturated heterocycles. The molecule has 0 radical (unpaired) electrons. The van der Waals surface area contributed by atoms with E-state index < -0.39 is 0 Å². The Hall–Kier alpha value is -3.12. The first-order valence-electron chi connectivity index (χ1n) is 8.54. The number of allylic oxidation sites excluding steroid dienone is 1. The molecule has 0 atom stereocenters. The lowest BCUT2D eigenvalue weighted by Gasteiger charge is -2.05. The molecule has 1 aliphatic rings. The third-order valence-electron chi connectivity index (χ3n) is 4.47. The lowest BCUT2D eigenvalue weighted by atomic mass is 10.1. The average molecular weight is 347 g/mol. The van der Waals surface area contributed by atoms with Gasteiger partial charge in [-0.25, -0.2) is 4.98 Å². The molecule has 4 rings (SSSR count). The van der Waals surface area contributed by atoms with E-state index in [0.29, 0.717) is 22.2 Å². The second kappa shape index (κ2) is 6.65. The molecule has 130 valence electrons. The number of unbranched alkanes of at least 4 members (excludes halogenated alkanes) is 2. The van der Waals surface area contributed by atoms with Gasteiger partial charge in [0.15, 0.2) is 5.82 Å². The molecule has 26 heavy (non-hydrogen) atoms. The summed E-state index contributed by atoms with van der Waals surface area (Å²) in [4.78, 5) is 33.9. The average Bonchev–Trinajstić information content (AvgIpc) is 2.94. The van der Waals surface area contributed by atoms with Gasteiger partial charge in [0.05, 0.1) is 22.2 Å². The van der Waals surface area contributed by atoms with Gasteiger partial charge in [0, 0.05) is 19.0 Å². The van der Waals surface area contributed by atoms with Crippen molar-refractivity contribution in [2.75, 3.05) is 6.61 Å². The monoisotopic (exact) mass is 347 g/mol. The number of pyridine rings is 1. The molecule has 0 unspecified atom stereocenters. The van der Waals surface area contributed by atoms with Crippen molar-refractivity contribution in [3.05, 3.63) is 70.0 Å². The van der Waals surface area contributed by atoms with Gasteiger partial charge in [-0.3, -0.25) is 19.1 Å². The molecular weight excluding hydrogens is 330 g/mol. The standard InChI is InChI=1S/C20H17N3O3/c24-10-4-2-1-3-5-13-6-7-17-14(11-13)18(25)19-22-16-8-9-21-12-15(16)20(26)23(17)19/h3,5-9,11-12,24H,1-2,4,10H2/b5-3+. The van der Waals surface area contributed by atoms with Crippen molar-refractivity contribution in [3.63, 3.8) is 0 Å². The number of ketones is 1. The molecule has 0 saturated carbocycles. The van der Waals surface area contributed by atoms with Crippen molar-refractivity contribution in [2.45, 2.75) is 19.3 Å². The first-order valence-corrected chi connectivity index (χ1v) is 8.54. The van der Waals surface area contributed by atoms with Crippen LogP contribution in [0.15, 0.2) is 47.5 Å². The lowest BCUT2D eigenvalue weighted by Crippen LogP contribution is -2.21. The SMILES string of the molecule is O=C1c2cc(/C=C/CCCCO)ccc2-n2c1nc1ccncc1c2=O. The summed E-state index contributed by atoms with van der Waals surface area (Å²) in [6.07, 6.45) is 9.56. The third-order valence-corrected chi connectivity index (χ3v) is 4.47. The number of hydrogen-bond donors (Lipinski definition) is 1. The Kier molecular flexibility index (Phi) is 4.18. The van der Waals surface area contributed by atoms with Crippen LogP contribution in [0.4, 0.5) is 0 Å². The van der Waals surface area contributed by atoms with E-state index in [9.17, 15) is 9.59 Å². The third kappa shape index (κ3) is 2.64. The van der Waals surface area contributed by atoms with Gasteiger partial charge in [-0.2, -0.15) is 0 Å². The number of carbonyl (C=O) groups is 1. The lowest BCUT2D eigenvalue weighted by molar-refractivity contribution is 0.103. The summed E-state index contributed by atoms with van der Waals surface area (Å²) in [6, 6.07) is 7.08. The van der Waals surface area contributed by atoms with Gasteiger partial charge in [0.1, 0.15) is 0 Å². The van der Waals surface area contributed by atoms with E-state index >= 15 is 0 Å². The molecule has 1 aromatic carbocycles. The quantitative estimate of drug-likeness (QED) is 0.561. The largest absolute Gasteiger partial charge is 0.396 e. The van der Waals surface area contributed by atoms with Gasteiger partial charge < -0.3 is 5.11 Å². The summed E-state index contributed by atoms with van der Waals surface area (Å²) in [7, 11) is 0. The summed E-state index contributed by atoms with van der Waals surface area (Å²) in [5.41, 5.74) is 2.13. The maximum absolute atomic E-state index is 12.8. The van der Waals surface area contributed by atoms with Crippen molar-refractivity contribution < 1.29 is 9.90 Å². The van der Waals surface area contributed by atoms with E-state index in [4.69, 9.17) is 5.11 Å².